The Morgan fingerprint density at radius 2 is 1.75 bits per heavy atom. The Bertz CT molecular complexity index is 1250. The number of fused-ring (bicyclic) bond motifs is 2. The monoisotopic (exact) mass is 375 g/mol. The van der Waals surface area contributed by atoms with Crippen LogP contribution < -0.4 is 16.1 Å². The number of unbranched alkanes of at least 4 members (excludes halogenated alkanes) is 1. The molecule has 5 heteroatoms. The van der Waals surface area contributed by atoms with Crippen LogP contribution in [0.4, 0.5) is 0 Å². The van der Waals surface area contributed by atoms with E-state index in [-0.39, 0.29) is 0 Å². The van der Waals surface area contributed by atoms with Crippen molar-refractivity contribution >= 4 is 21.7 Å². The van der Waals surface area contributed by atoms with Crippen molar-refractivity contribution in [1.29, 1.82) is 0 Å². The molecular formula is C23H21NO4. The van der Waals surface area contributed by atoms with Crippen LogP contribution in [0.3, 0.4) is 0 Å². The second-order valence-electron chi connectivity index (χ2n) is 6.89. The molecule has 0 N–H and O–H groups in total. The van der Waals surface area contributed by atoms with E-state index in [0.717, 1.165) is 29.5 Å². The third kappa shape index (κ3) is 3.69. The number of ether oxygens (including phenoxy) is 1. The molecule has 0 aliphatic heterocycles. The molecule has 0 spiro atoms. The minimum atomic E-state index is -0.614. The van der Waals surface area contributed by atoms with Crippen molar-refractivity contribution < 1.29 is 9.15 Å². The summed E-state index contributed by atoms with van der Waals surface area (Å²) in [5.74, 6) is 0.222. The predicted molar refractivity (Wildman–Crippen MR) is 110 cm³/mol. The van der Waals surface area contributed by atoms with E-state index >= 15 is 0 Å². The summed E-state index contributed by atoms with van der Waals surface area (Å²) in [6, 6.07) is 19.6. The third-order valence-corrected chi connectivity index (χ3v) is 4.83. The highest BCUT2D eigenvalue weighted by Crippen LogP contribution is 2.20. The Kier molecular flexibility index (Phi) is 4.98. The van der Waals surface area contributed by atoms with Gasteiger partial charge in [0.15, 0.2) is 0 Å². The van der Waals surface area contributed by atoms with Crippen LogP contribution in [0, 0.1) is 6.92 Å². The number of hydrogen-bond acceptors (Lipinski definition) is 4. The van der Waals surface area contributed by atoms with Gasteiger partial charge in [-0.05, 0) is 54.8 Å². The molecule has 0 saturated carbocycles. The lowest BCUT2D eigenvalue weighted by atomic mass is 10.1. The smallest absolute Gasteiger partial charge is 0.422 e. The van der Waals surface area contributed by atoms with Gasteiger partial charge < -0.3 is 9.15 Å². The molecule has 4 rings (SSSR count). The number of benzene rings is 3. The molecular weight excluding hydrogens is 354 g/mol. The van der Waals surface area contributed by atoms with Crippen molar-refractivity contribution in [3.8, 4) is 5.75 Å². The number of aryl methyl sites for hydroxylation is 2. The first-order valence-electron chi connectivity index (χ1n) is 9.38. The van der Waals surface area contributed by atoms with Gasteiger partial charge in [-0.3, -0.25) is 4.57 Å². The van der Waals surface area contributed by atoms with Crippen LogP contribution in [0.5, 0.6) is 5.75 Å². The molecule has 1 heterocycles. The van der Waals surface area contributed by atoms with E-state index in [1.807, 2.05) is 43.3 Å². The summed E-state index contributed by atoms with van der Waals surface area (Å²) in [6.07, 6.45) is 1.52. The van der Waals surface area contributed by atoms with E-state index in [9.17, 15) is 9.59 Å². The van der Waals surface area contributed by atoms with Crippen LogP contribution in [0.1, 0.15) is 18.4 Å². The standard InChI is InChI=1S/C23H21NO4/c1-16-8-11-21-20(14-16)22(25)28-23(26)24(21)12-4-5-13-27-19-10-9-17-6-2-3-7-18(17)15-19/h2-3,6-11,14-15H,4-5,12-13H2,1H3. The largest absolute Gasteiger partial charge is 0.494 e. The van der Waals surface area contributed by atoms with E-state index in [2.05, 4.69) is 12.1 Å². The van der Waals surface area contributed by atoms with E-state index in [1.54, 1.807) is 12.1 Å². The maximum Gasteiger partial charge on any atom is 0.422 e. The number of hydrogen-bond donors (Lipinski definition) is 0. The zero-order chi connectivity index (χ0) is 19.5. The summed E-state index contributed by atoms with van der Waals surface area (Å²) in [5, 5.41) is 2.77. The molecule has 0 fully saturated rings. The van der Waals surface area contributed by atoms with Crippen LogP contribution in [0.15, 0.2) is 74.7 Å². The molecule has 0 aliphatic rings. The van der Waals surface area contributed by atoms with Crippen LogP contribution >= 0.6 is 0 Å². The molecule has 0 aliphatic carbocycles. The van der Waals surface area contributed by atoms with Gasteiger partial charge in [0.25, 0.3) is 0 Å². The first-order chi connectivity index (χ1) is 13.6. The molecule has 0 amide bonds. The highest BCUT2D eigenvalue weighted by atomic mass is 16.5. The fourth-order valence-electron chi connectivity index (χ4n) is 3.37. The summed E-state index contributed by atoms with van der Waals surface area (Å²) in [5.41, 5.74) is 0.982. The van der Waals surface area contributed by atoms with Crippen molar-refractivity contribution in [1.82, 2.24) is 4.57 Å². The minimum absolute atomic E-state index is 0.437. The molecule has 28 heavy (non-hydrogen) atoms. The first-order valence-corrected chi connectivity index (χ1v) is 9.38. The Hall–Kier alpha value is -3.34. The summed E-state index contributed by atoms with van der Waals surface area (Å²) in [6.45, 7) is 2.93. The first kappa shape index (κ1) is 18.0. The van der Waals surface area contributed by atoms with Gasteiger partial charge in [0, 0.05) is 6.54 Å². The molecule has 0 bridgehead atoms. The zero-order valence-electron chi connectivity index (χ0n) is 15.7. The summed E-state index contributed by atoms with van der Waals surface area (Å²) in [4.78, 5) is 24.0. The Balaban J connectivity index is 1.40. The second kappa shape index (κ2) is 7.72. The summed E-state index contributed by atoms with van der Waals surface area (Å²) < 4.78 is 12.2. The lowest BCUT2D eigenvalue weighted by molar-refractivity contribution is 0.301. The predicted octanol–water partition coefficient (Wildman–Crippen LogP) is 4.28. The molecule has 0 atom stereocenters. The summed E-state index contributed by atoms with van der Waals surface area (Å²) >= 11 is 0. The van der Waals surface area contributed by atoms with Gasteiger partial charge in [0.1, 0.15) is 5.75 Å². The van der Waals surface area contributed by atoms with Crippen molar-refractivity contribution in [2.45, 2.75) is 26.3 Å². The second-order valence-corrected chi connectivity index (χ2v) is 6.89. The van der Waals surface area contributed by atoms with Crippen molar-refractivity contribution in [3.63, 3.8) is 0 Å². The van der Waals surface area contributed by atoms with Gasteiger partial charge in [-0.25, -0.2) is 9.59 Å². The van der Waals surface area contributed by atoms with Crippen molar-refractivity contribution in [2.24, 2.45) is 0 Å². The molecule has 0 radical (unpaired) electrons. The fourth-order valence-corrected chi connectivity index (χ4v) is 3.37. The van der Waals surface area contributed by atoms with Crippen LogP contribution in [-0.2, 0) is 6.54 Å². The molecule has 3 aromatic carbocycles. The highest BCUT2D eigenvalue weighted by Gasteiger charge is 2.09. The van der Waals surface area contributed by atoms with Gasteiger partial charge >= 0.3 is 11.4 Å². The Labute approximate surface area is 161 Å². The van der Waals surface area contributed by atoms with Crippen LogP contribution in [-0.4, -0.2) is 11.2 Å². The van der Waals surface area contributed by atoms with Gasteiger partial charge in [-0.15, -0.1) is 0 Å². The number of rotatable bonds is 6. The molecule has 1 aromatic heterocycles. The SMILES string of the molecule is Cc1ccc2c(c1)c(=O)oc(=O)n2CCCCOc1ccc2ccccc2c1. The molecule has 0 saturated heterocycles. The zero-order valence-corrected chi connectivity index (χ0v) is 15.7. The quantitative estimate of drug-likeness (QED) is 0.472. The van der Waals surface area contributed by atoms with Gasteiger partial charge in [0.05, 0.1) is 17.5 Å². The Morgan fingerprint density at radius 1 is 0.929 bits per heavy atom. The maximum atomic E-state index is 12.1. The fraction of sp³-hybridized carbons (Fsp3) is 0.217. The topological polar surface area (TPSA) is 61.4 Å². The van der Waals surface area contributed by atoms with Crippen molar-refractivity contribution in [2.75, 3.05) is 6.61 Å². The third-order valence-electron chi connectivity index (χ3n) is 4.83. The molecule has 5 nitrogen and oxygen atoms in total. The van der Waals surface area contributed by atoms with Crippen LogP contribution in [0.2, 0.25) is 0 Å². The van der Waals surface area contributed by atoms with E-state index < -0.39 is 11.4 Å². The molecule has 0 unspecified atom stereocenters. The molecule has 4 aromatic rings. The lowest BCUT2D eigenvalue weighted by Gasteiger charge is -2.10. The summed E-state index contributed by atoms with van der Waals surface area (Å²) in [7, 11) is 0. The number of nitrogens with zero attached hydrogens (tertiary/aromatic N) is 1. The molecule has 142 valence electrons. The van der Waals surface area contributed by atoms with Gasteiger partial charge in [0.2, 0.25) is 0 Å². The average molecular weight is 375 g/mol. The Morgan fingerprint density at radius 3 is 2.61 bits per heavy atom. The normalized spacial score (nSPS) is 11.2. The minimum Gasteiger partial charge on any atom is -0.494 e. The van der Waals surface area contributed by atoms with Crippen LogP contribution in [0.25, 0.3) is 21.7 Å². The average Bonchev–Trinajstić information content (AvgIpc) is 2.70. The van der Waals surface area contributed by atoms with E-state index in [0.29, 0.717) is 24.1 Å². The van der Waals surface area contributed by atoms with E-state index in [1.165, 1.54) is 9.95 Å². The van der Waals surface area contributed by atoms with Gasteiger partial charge in [-0.1, -0.05) is 42.0 Å². The van der Waals surface area contributed by atoms with Gasteiger partial charge in [-0.2, -0.15) is 0 Å². The van der Waals surface area contributed by atoms with Crippen molar-refractivity contribution in [3.05, 3.63) is 87.2 Å². The highest BCUT2D eigenvalue weighted by molar-refractivity contribution is 5.83. The number of aromatic nitrogens is 1. The van der Waals surface area contributed by atoms with E-state index in [4.69, 9.17) is 9.15 Å². The maximum absolute atomic E-state index is 12.1. The lowest BCUT2D eigenvalue weighted by Crippen LogP contribution is -2.25.